The van der Waals surface area contributed by atoms with Crippen LogP contribution in [0.2, 0.25) is 0 Å². The van der Waals surface area contributed by atoms with Gasteiger partial charge in [-0.15, -0.1) is 0 Å². The van der Waals surface area contributed by atoms with E-state index in [9.17, 15) is 9.59 Å². The van der Waals surface area contributed by atoms with Gasteiger partial charge in [0.2, 0.25) is 0 Å². The van der Waals surface area contributed by atoms with Crippen molar-refractivity contribution in [1.29, 1.82) is 0 Å². The molecule has 20 heavy (non-hydrogen) atoms. The van der Waals surface area contributed by atoms with E-state index < -0.39 is 5.97 Å². The van der Waals surface area contributed by atoms with Gasteiger partial charge in [-0.3, -0.25) is 9.59 Å². The van der Waals surface area contributed by atoms with Crippen LogP contribution in [0, 0.1) is 25.7 Å². The molecule has 1 aliphatic rings. The zero-order valence-electron chi connectivity index (χ0n) is 11.9. The molecule has 1 aromatic rings. The average molecular weight is 279 g/mol. The molecule has 0 spiro atoms. The summed E-state index contributed by atoms with van der Waals surface area (Å²) in [6, 6.07) is 1.74. The molecule has 5 nitrogen and oxygen atoms in total. The summed E-state index contributed by atoms with van der Waals surface area (Å²) in [6.45, 7) is 4.20. The number of hydrogen-bond acceptors (Lipinski definition) is 3. The second-order valence-electron chi connectivity index (χ2n) is 5.59. The number of carbonyl (C=O) groups excluding carboxylic acids is 1. The minimum absolute atomic E-state index is 0.111. The molecule has 0 bridgehead atoms. The number of furan rings is 1. The molecule has 0 saturated heterocycles. The molecule has 1 aromatic heterocycles. The van der Waals surface area contributed by atoms with Crippen LogP contribution in [0.15, 0.2) is 10.5 Å². The van der Waals surface area contributed by atoms with Gasteiger partial charge in [0.25, 0.3) is 5.91 Å². The van der Waals surface area contributed by atoms with Crippen LogP contribution >= 0.6 is 0 Å². The summed E-state index contributed by atoms with van der Waals surface area (Å²) in [4.78, 5) is 22.9. The van der Waals surface area contributed by atoms with E-state index in [4.69, 9.17) is 9.52 Å². The molecule has 2 N–H and O–H groups in total. The third-order valence-corrected chi connectivity index (χ3v) is 4.03. The summed E-state index contributed by atoms with van der Waals surface area (Å²) in [5.41, 5.74) is 0.585. The Hall–Kier alpha value is -1.78. The number of carbonyl (C=O) groups is 2. The van der Waals surface area contributed by atoms with Gasteiger partial charge in [-0.25, -0.2) is 0 Å². The smallest absolute Gasteiger partial charge is 0.306 e. The van der Waals surface area contributed by atoms with Gasteiger partial charge in [-0.1, -0.05) is 0 Å². The molecule has 0 atom stereocenters. The molecule has 1 saturated carbocycles. The zero-order chi connectivity index (χ0) is 14.7. The normalized spacial score (nSPS) is 22.5. The van der Waals surface area contributed by atoms with Crippen molar-refractivity contribution in [2.45, 2.75) is 39.5 Å². The van der Waals surface area contributed by atoms with Gasteiger partial charge < -0.3 is 14.8 Å². The Morgan fingerprint density at radius 1 is 1.30 bits per heavy atom. The minimum Gasteiger partial charge on any atom is -0.481 e. The maximum Gasteiger partial charge on any atom is 0.306 e. The van der Waals surface area contributed by atoms with Crippen molar-refractivity contribution < 1.29 is 19.1 Å². The lowest BCUT2D eigenvalue weighted by molar-refractivity contribution is -0.143. The molecule has 5 heteroatoms. The number of carboxylic acids is 1. The number of nitrogens with one attached hydrogen (secondary N) is 1. The Morgan fingerprint density at radius 2 is 1.95 bits per heavy atom. The molecule has 110 valence electrons. The summed E-state index contributed by atoms with van der Waals surface area (Å²) in [7, 11) is 0. The summed E-state index contributed by atoms with van der Waals surface area (Å²) in [5.74, 6) is 0.726. The molecule has 0 radical (unpaired) electrons. The molecular formula is C15H21NO4. The predicted octanol–water partition coefficient (Wildman–Crippen LogP) is 2.52. The summed E-state index contributed by atoms with van der Waals surface area (Å²) >= 11 is 0. The Bertz CT molecular complexity index is 498. The number of hydrogen-bond donors (Lipinski definition) is 2. The first kappa shape index (κ1) is 14.6. The lowest BCUT2D eigenvalue weighted by atomic mass is 9.82. The molecule has 1 fully saturated rings. The molecule has 1 aliphatic carbocycles. The number of amides is 1. The van der Waals surface area contributed by atoms with Crippen molar-refractivity contribution in [3.8, 4) is 0 Å². The van der Waals surface area contributed by atoms with Crippen molar-refractivity contribution in [3.05, 3.63) is 23.2 Å². The Labute approximate surface area is 118 Å². The van der Waals surface area contributed by atoms with Crippen molar-refractivity contribution in [1.82, 2.24) is 5.32 Å². The fourth-order valence-corrected chi connectivity index (χ4v) is 2.80. The predicted molar refractivity (Wildman–Crippen MR) is 73.6 cm³/mol. The number of rotatable bonds is 4. The van der Waals surface area contributed by atoms with E-state index in [-0.39, 0.29) is 11.8 Å². The number of aryl methyl sites for hydroxylation is 2. The third-order valence-electron chi connectivity index (χ3n) is 4.03. The SMILES string of the molecule is Cc1cc(C(=O)NCC2CCC(C(=O)O)CC2)c(C)o1. The first-order valence-electron chi connectivity index (χ1n) is 7.05. The van der Waals surface area contributed by atoms with Crippen LogP contribution in [0.3, 0.4) is 0 Å². The number of aliphatic carboxylic acids is 1. The van der Waals surface area contributed by atoms with E-state index in [1.54, 1.807) is 13.0 Å². The van der Waals surface area contributed by atoms with Crippen molar-refractivity contribution >= 4 is 11.9 Å². The average Bonchev–Trinajstić information content (AvgIpc) is 2.75. The van der Waals surface area contributed by atoms with E-state index >= 15 is 0 Å². The molecule has 0 aliphatic heterocycles. The van der Waals surface area contributed by atoms with Crippen LogP contribution in [0.4, 0.5) is 0 Å². The number of carboxylic acid groups (broad SMARTS) is 1. The highest BCUT2D eigenvalue weighted by Gasteiger charge is 2.26. The van der Waals surface area contributed by atoms with E-state index in [2.05, 4.69) is 5.32 Å². The summed E-state index contributed by atoms with van der Waals surface area (Å²) in [6.07, 6.45) is 3.14. The zero-order valence-corrected chi connectivity index (χ0v) is 11.9. The first-order valence-corrected chi connectivity index (χ1v) is 7.05. The van der Waals surface area contributed by atoms with E-state index in [0.717, 1.165) is 18.6 Å². The highest BCUT2D eigenvalue weighted by atomic mass is 16.4. The van der Waals surface area contributed by atoms with Crippen molar-refractivity contribution in [2.75, 3.05) is 6.54 Å². The maximum atomic E-state index is 12.0. The van der Waals surface area contributed by atoms with Gasteiger partial charge >= 0.3 is 5.97 Å². The lowest BCUT2D eigenvalue weighted by Gasteiger charge is -2.26. The molecule has 0 aromatic carbocycles. The monoisotopic (exact) mass is 279 g/mol. The highest BCUT2D eigenvalue weighted by molar-refractivity contribution is 5.95. The first-order chi connectivity index (χ1) is 9.47. The van der Waals surface area contributed by atoms with Crippen molar-refractivity contribution in [3.63, 3.8) is 0 Å². The lowest BCUT2D eigenvalue weighted by Crippen LogP contribution is -2.32. The van der Waals surface area contributed by atoms with E-state index in [1.807, 2.05) is 6.92 Å². The third kappa shape index (κ3) is 3.40. The fraction of sp³-hybridized carbons (Fsp3) is 0.600. The quantitative estimate of drug-likeness (QED) is 0.887. The molecule has 1 heterocycles. The van der Waals surface area contributed by atoms with Crippen LogP contribution in [0.1, 0.15) is 47.6 Å². The van der Waals surface area contributed by atoms with Crippen LogP contribution in [-0.2, 0) is 4.79 Å². The van der Waals surface area contributed by atoms with Gasteiger partial charge in [0.15, 0.2) is 0 Å². The molecular weight excluding hydrogens is 258 g/mol. The second-order valence-corrected chi connectivity index (χ2v) is 5.59. The molecule has 1 amide bonds. The van der Waals surface area contributed by atoms with Crippen LogP contribution in [0.25, 0.3) is 0 Å². The van der Waals surface area contributed by atoms with E-state index in [0.29, 0.717) is 36.6 Å². The summed E-state index contributed by atoms with van der Waals surface area (Å²) in [5, 5.41) is 11.9. The topological polar surface area (TPSA) is 79.5 Å². The Morgan fingerprint density at radius 3 is 2.45 bits per heavy atom. The Kier molecular flexibility index (Phi) is 4.47. The van der Waals surface area contributed by atoms with E-state index in [1.165, 1.54) is 0 Å². The van der Waals surface area contributed by atoms with Gasteiger partial charge in [0.1, 0.15) is 11.5 Å². The van der Waals surface area contributed by atoms with Crippen LogP contribution in [-0.4, -0.2) is 23.5 Å². The highest BCUT2D eigenvalue weighted by Crippen LogP contribution is 2.28. The van der Waals surface area contributed by atoms with Crippen LogP contribution < -0.4 is 5.32 Å². The standard InChI is InChI=1S/C15H21NO4/c1-9-7-13(10(2)20-9)14(17)16-8-11-3-5-12(6-4-11)15(18)19/h7,11-12H,3-6,8H2,1-2H3,(H,16,17)(H,18,19). The fourth-order valence-electron chi connectivity index (χ4n) is 2.80. The van der Waals surface area contributed by atoms with Crippen molar-refractivity contribution in [2.24, 2.45) is 11.8 Å². The van der Waals surface area contributed by atoms with Gasteiger partial charge in [-0.2, -0.15) is 0 Å². The van der Waals surface area contributed by atoms with Crippen LogP contribution in [0.5, 0.6) is 0 Å². The molecule has 2 rings (SSSR count). The largest absolute Gasteiger partial charge is 0.481 e. The second kappa shape index (κ2) is 6.11. The van der Waals surface area contributed by atoms with Gasteiger partial charge in [-0.05, 0) is 51.5 Å². The van der Waals surface area contributed by atoms with Gasteiger partial charge in [0, 0.05) is 6.54 Å². The minimum atomic E-state index is -0.697. The Balaban J connectivity index is 1.80. The maximum absolute atomic E-state index is 12.0. The summed E-state index contributed by atoms with van der Waals surface area (Å²) < 4.78 is 5.34. The molecule has 0 unspecified atom stereocenters. The van der Waals surface area contributed by atoms with Gasteiger partial charge in [0.05, 0.1) is 11.5 Å².